The summed E-state index contributed by atoms with van der Waals surface area (Å²) >= 11 is 0. The van der Waals surface area contributed by atoms with Gasteiger partial charge in [-0.25, -0.2) is 4.79 Å². The number of amides is 1. The van der Waals surface area contributed by atoms with Gasteiger partial charge in [0.25, 0.3) is 5.91 Å². The van der Waals surface area contributed by atoms with Gasteiger partial charge in [0.05, 0.1) is 19.8 Å². The Balaban J connectivity index is 1.65. The van der Waals surface area contributed by atoms with Crippen molar-refractivity contribution in [3.05, 3.63) is 84.2 Å². The summed E-state index contributed by atoms with van der Waals surface area (Å²) in [6, 6.07) is 19.4. The third-order valence-electron chi connectivity index (χ3n) is 5.24. The van der Waals surface area contributed by atoms with Gasteiger partial charge in [0.15, 0.2) is 6.61 Å². The number of hydrogen-bond donors (Lipinski definition) is 1. The molecule has 0 saturated heterocycles. The van der Waals surface area contributed by atoms with Gasteiger partial charge in [0.1, 0.15) is 28.9 Å². The highest BCUT2D eigenvalue weighted by atomic mass is 16.5. The van der Waals surface area contributed by atoms with Gasteiger partial charge in [-0.15, -0.1) is 0 Å². The fourth-order valence-electron chi connectivity index (χ4n) is 3.47. The molecule has 0 atom stereocenters. The van der Waals surface area contributed by atoms with Crippen LogP contribution in [0.2, 0.25) is 0 Å². The first kappa shape index (κ1) is 24.0. The van der Waals surface area contributed by atoms with Crippen LogP contribution < -0.4 is 14.8 Å². The number of carbonyl (C=O) groups excluding carboxylic acids is 2. The molecule has 2 aromatic carbocycles. The smallest absolute Gasteiger partial charge is 0.340 e. The molecule has 180 valence electrons. The molecule has 0 aliphatic heterocycles. The lowest BCUT2D eigenvalue weighted by Gasteiger charge is -2.06. The lowest BCUT2D eigenvalue weighted by Crippen LogP contribution is -2.21. The third kappa shape index (κ3) is 5.18. The predicted molar refractivity (Wildman–Crippen MR) is 131 cm³/mol. The topological polar surface area (TPSA) is 124 Å². The van der Waals surface area contributed by atoms with E-state index in [0.29, 0.717) is 33.9 Å². The van der Waals surface area contributed by atoms with Gasteiger partial charge < -0.3 is 18.6 Å². The Labute approximate surface area is 206 Å². The van der Waals surface area contributed by atoms with Crippen LogP contribution in [0.3, 0.4) is 0 Å². The minimum Gasteiger partial charge on any atom is -0.497 e. The number of hydrogen-bond acceptors (Lipinski definition) is 8. The Hall–Kier alpha value is -5.10. The molecule has 0 aliphatic carbocycles. The van der Waals surface area contributed by atoms with Gasteiger partial charge in [0.2, 0.25) is 5.88 Å². The molecule has 0 radical (unpaired) electrons. The van der Waals surface area contributed by atoms with Crippen LogP contribution in [0.25, 0.3) is 22.5 Å². The van der Waals surface area contributed by atoms with Crippen molar-refractivity contribution in [1.29, 1.82) is 5.26 Å². The van der Waals surface area contributed by atoms with E-state index in [2.05, 4.69) is 16.4 Å². The van der Waals surface area contributed by atoms with Gasteiger partial charge >= 0.3 is 5.97 Å². The molecule has 0 saturated carbocycles. The van der Waals surface area contributed by atoms with Crippen LogP contribution in [-0.2, 0) is 9.53 Å². The summed E-state index contributed by atoms with van der Waals surface area (Å²) in [7, 11) is 3.12. The number of ether oxygens (including phenoxy) is 3. The van der Waals surface area contributed by atoms with E-state index in [1.165, 1.54) is 18.5 Å². The van der Waals surface area contributed by atoms with Crippen molar-refractivity contribution in [2.75, 3.05) is 26.1 Å². The molecule has 0 bridgehead atoms. The van der Waals surface area contributed by atoms with Crippen LogP contribution in [0.15, 0.2) is 77.5 Å². The molecule has 0 spiro atoms. The van der Waals surface area contributed by atoms with Gasteiger partial charge in [-0.05, 0) is 54.1 Å². The van der Waals surface area contributed by atoms with Gasteiger partial charge in [-0.2, -0.15) is 5.26 Å². The first-order valence-corrected chi connectivity index (χ1v) is 10.8. The number of rotatable bonds is 8. The van der Waals surface area contributed by atoms with Gasteiger partial charge in [-0.1, -0.05) is 12.1 Å². The SMILES string of the molecule is COc1ccc(-c2oc(NC(=O)COC(=O)c3cccnc3)c(C#N)c2-c2ccc(OC)cc2)cc1. The molecule has 0 aliphatic rings. The van der Waals surface area contributed by atoms with E-state index >= 15 is 0 Å². The first-order chi connectivity index (χ1) is 17.5. The summed E-state index contributed by atoms with van der Waals surface area (Å²) in [6.07, 6.45) is 2.85. The maximum absolute atomic E-state index is 12.6. The molecule has 0 fully saturated rings. The zero-order valence-electron chi connectivity index (χ0n) is 19.5. The van der Waals surface area contributed by atoms with Crippen LogP contribution in [0, 0.1) is 11.3 Å². The molecule has 4 rings (SSSR count). The van der Waals surface area contributed by atoms with Crippen LogP contribution >= 0.6 is 0 Å². The second-order valence-corrected chi connectivity index (χ2v) is 7.45. The highest BCUT2D eigenvalue weighted by molar-refractivity contribution is 5.98. The predicted octanol–water partition coefficient (Wildman–Crippen LogP) is 4.69. The van der Waals surface area contributed by atoms with Crippen molar-refractivity contribution in [2.24, 2.45) is 0 Å². The summed E-state index contributed by atoms with van der Waals surface area (Å²) in [5, 5.41) is 12.5. The molecular weight excluding hydrogens is 462 g/mol. The highest BCUT2D eigenvalue weighted by Crippen LogP contribution is 2.42. The third-order valence-corrected chi connectivity index (χ3v) is 5.24. The summed E-state index contributed by atoms with van der Waals surface area (Å²) in [4.78, 5) is 28.5. The number of nitrogens with one attached hydrogen (secondary N) is 1. The lowest BCUT2D eigenvalue weighted by molar-refractivity contribution is -0.119. The minimum absolute atomic E-state index is 0.0587. The minimum atomic E-state index is -0.698. The maximum Gasteiger partial charge on any atom is 0.340 e. The number of nitriles is 1. The average Bonchev–Trinajstić information content (AvgIpc) is 3.30. The van der Waals surface area contributed by atoms with Crippen LogP contribution in [0.1, 0.15) is 15.9 Å². The monoisotopic (exact) mass is 483 g/mol. The Morgan fingerprint density at radius 3 is 2.17 bits per heavy atom. The molecule has 0 unspecified atom stereocenters. The largest absolute Gasteiger partial charge is 0.497 e. The summed E-state index contributed by atoms with van der Waals surface area (Å²) in [6.45, 7) is -0.574. The second-order valence-electron chi connectivity index (χ2n) is 7.45. The lowest BCUT2D eigenvalue weighted by atomic mass is 9.98. The Kier molecular flexibility index (Phi) is 7.27. The number of pyridine rings is 1. The van der Waals surface area contributed by atoms with E-state index < -0.39 is 18.5 Å². The number of methoxy groups -OCH3 is 2. The molecule has 2 heterocycles. The van der Waals surface area contributed by atoms with Crippen LogP contribution in [0.5, 0.6) is 11.5 Å². The van der Waals surface area contributed by atoms with Gasteiger partial charge in [-0.3, -0.25) is 15.1 Å². The number of furan rings is 1. The van der Waals surface area contributed by atoms with Gasteiger partial charge in [0, 0.05) is 23.5 Å². The molecule has 1 amide bonds. The number of aromatic nitrogens is 1. The normalized spacial score (nSPS) is 10.2. The number of carbonyl (C=O) groups is 2. The molecule has 9 heteroatoms. The van der Waals surface area contributed by atoms with Crippen molar-refractivity contribution in [3.63, 3.8) is 0 Å². The summed E-state index contributed by atoms with van der Waals surface area (Å²) in [5.41, 5.74) is 2.18. The molecule has 9 nitrogen and oxygen atoms in total. The number of nitrogens with zero attached hydrogens (tertiary/aromatic N) is 2. The van der Waals surface area contributed by atoms with Crippen LogP contribution in [-0.4, -0.2) is 37.7 Å². The first-order valence-electron chi connectivity index (χ1n) is 10.8. The maximum atomic E-state index is 12.6. The molecule has 4 aromatic rings. The number of benzene rings is 2. The fraction of sp³-hybridized carbons (Fsp3) is 0.111. The summed E-state index contributed by atoms with van der Waals surface area (Å²) in [5.74, 6) is 0.256. The van der Waals surface area contributed by atoms with E-state index in [4.69, 9.17) is 18.6 Å². The zero-order valence-corrected chi connectivity index (χ0v) is 19.5. The standard InChI is InChI=1S/C27H21N3O6/c1-33-20-9-5-17(6-10-20)24-22(14-28)26(36-25(24)18-7-11-21(34-2)12-8-18)30-23(31)16-35-27(32)19-4-3-13-29-15-19/h3-13,15H,16H2,1-2H3,(H,30,31). The molecule has 2 aromatic heterocycles. The van der Waals surface area contributed by atoms with E-state index in [1.54, 1.807) is 68.8 Å². The number of esters is 1. The van der Waals surface area contributed by atoms with E-state index in [1.807, 2.05) is 0 Å². The van der Waals surface area contributed by atoms with E-state index in [9.17, 15) is 14.9 Å². The van der Waals surface area contributed by atoms with Crippen molar-refractivity contribution < 1.29 is 28.2 Å². The average molecular weight is 483 g/mol. The molecule has 36 heavy (non-hydrogen) atoms. The molecular formula is C27H21N3O6. The van der Waals surface area contributed by atoms with E-state index in [0.717, 1.165) is 0 Å². The Morgan fingerprint density at radius 2 is 1.61 bits per heavy atom. The van der Waals surface area contributed by atoms with Crippen molar-refractivity contribution in [3.8, 4) is 40.0 Å². The van der Waals surface area contributed by atoms with Crippen LogP contribution in [0.4, 0.5) is 5.88 Å². The van der Waals surface area contributed by atoms with Crippen molar-refractivity contribution >= 4 is 17.8 Å². The Morgan fingerprint density at radius 1 is 0.972 bits per heavy atom. The van der Waals surface area contributed by atoms with Crippen molar-refractivity contribution in [1.82, 2.24) is 4.98 Å². The van der Waals surface area contributed by atoms with E-state index in [-0.39, 0.29) is 17.0 Å². The Bertz CT molecular complexity index is 1410. The fourth-order valence-corrected chi connectivity index (χ4v) is 3.47. The van der Waals surface area contributed by atoms with Crippen molar-refractivity contribution in [2.45, 2.75) is 0 Å². The number of anilines is 1. The molecule has 1 N–H and O–H groups in total. The summed E-state index contributed by atoms with van der Waals surface area (Å²) < 4.78 is 21.5. The quantitative estimate of drug-likeness (QED) is 0.358. The highest BCUT2D eigenvalue weighted by Gasteiger charge is 2.25. The second kappa shape index (κ2) is 10.9. The zero-order chi connectivity index (χ0) is 25.5.